The Morgan fingerprint density at radius 2 is 1.50 bits per heavy atom. The molecule has 3 rings (SSSR count). The van der Waals surface area contributed by atoms with E-state index in [-0.39, 0.29) is 23.5 Å². The van der Waals surface area contributed by atoms with E-state index in [1.54, 1.807) is 4.90 Å². The van der Waals surface area contributed by atoms with Crippen LogP contribution in [0.5, 0.6) is 5.75 Å². The summed E-state index contributed by atoms with van der Waals surface area (Å²) >= 11 is 0. The highest BCUT2D eigenvalue weighted by Crippen LogP contribution is 2.25. The number of hydrogen-bond donors (Lipinski definition) is 0. The van der Waals surface area contributed by atoms with Crippen molar-refractivity contribution in [2.45, 2.75) is 32.0 Å². The van der Waals surface area contributed by atoms with Gasteiger partial charge in [-0.1, -0.05) is 0 Å². The summed E-state index contributed by atoms with van der Waals surface area (Å²) in [6, 6.07) is 4.91. The van der Waals surface area contributed by atoms with Crippen LogP contribution in [0.25, 0.3) is 0 Å². The number of rotatable bonds is 3. The van der Waals surface area contributed by atoms with Gasteiger partial charge >= 0.3 is 6.36 Å². The number of hydrogen-bond acceptors (Lipinski definition) is 3. The van der Waals surface area contributed by atoms with Crippen LogP contribution in [0.15, 0.2) is 24.3 Å². The average Bonchev–Trinajstić information content (AvgIpc) is 3.14. The molecular formula is C18H21F3N2O3. The molecule has 1 aromatic rings. The zero-order chi connectivity index (χ0) is 18.7. The molecule has 142 valence electrons. The van der Waals surface area contributed by atoms with E-state index in [0.717, 1.165) is 38.1 Å². The predicted molar refractivity (Wildman–Crippen MR) is 87.6 cm³/mol. The number of piperidine rings is 1. The van der Waals surface area contributed by atoms with Crippen molar-refractivity contribution in [2.24, 2.45) is 5.92 Å². The maximum absolute atomic E-state index is 12.5. The number of likely N-dealkylation sites (tertiary alicyclic amines) is 2. The van der Waals surface area contributed by atoms with Gasteiger partial charge in [0.25, 0.3) is 5.91 Å². The summed E-state index contributed by atoms with van der Waals surface area (Å²) in [6.45, 7) is 2.60. The maximum atomic E-state index is 12.5. The van der Waals surface area contributed by atoms with Gasteiger partial charge in [-0.05, 0) is 49.9 Å². The largest absolute Gasteiger partial charge is 0.573 e. The first-order valence-electron chi connectivity index (χ1n) is 8.77. The highest BCUT2D eigenvalue weighted by Gasteiger charge is 2.32. The lowest BCUT2D eigenvalue weighted by atomic mass is 9.95. The van der Waals surface area contributed by atoms with E-state index in [1.165, 1.54) is 12.1 Å². The summed E-state index contributed by atoms with van der Waals surface area (Å²) in [7, 11) is 0. The first kappa shape index (κ1) is 18.5. The third kappa shape index (κ3) is 4.47. The third-order valence-electron chi connectivity index (χ3n) is 4.88. The predicted octanol–water partition coefficient (Wildman–Crippen LogP) is 3.06. The molecule has 0 aromatic heterocycles. The summed E-state index contributed by atoms with van der Waals surface area (Å²) in [5.41, 5.74) is 0.309. The molecule has 0 unspecified atom stereocenters. The van der Waals surface area contributed by atoms with E-state index in [0.29, 0.717) is 31.5 Å². The molecule has 0 aliphatic carbocycles. The molecule has 2 fully saturated rings. The molecule has 2 saturated heterocycles. The summed E-state index contributed by atoms with van der Waals surface area (Å²) < 4.78 is 40.3. The Kier molecular flexibility index (Phi) is 5.38. The van der Waals surface area contributed by atoms with Crippen LogP contribution in [-0.4, -0.2) is 54.2 Å². The van der Waals surface area contributed by atoms with E-state index in [2.05, 4.69) is 4.74 Å². The molecule has 8 heteroatoms. The van der Waals surface area contributed by atoms with Crippen molar-refractivity contribution < 1.29 is 27.5 Å². The second-order valence-corrected chi connectivity index (χ2v) is 6.67. The number of alkyl halides is 3. The van der Waals surface area contributed by atoms with Crippen LogP contribution >= 0.6 is 0 Å². The SMILES string of the molecule is O=C(c1ccc(OC(F)(F)F)cc1)N1CCC(C(=O)N2CCCC2)CC1. The number of nitrogens with zero attached hydrogens (tertiary/aromatic N) is 2. The highest BCUT2D eigenvalue weighted by atomic mass is 19.4. The molecule has 0 bridgehead atoms. The topological polar surface area (TPSA) is 49.9 Å². The molecule has 0 atom stereocenters. The Morgan fingerprint density at radius 1 is 0.923 bits per heavy atom. The van der Waals surface area contributed by atoms with Gasteiger partial charge in [-0.2, -0.15) is 0 Å². The summed E-state index contributed by atoms with van der Waals surface area (Å²) in [6.07, 6.45) is -1.41. The minimum atomic E-state index is -4.75. The summed E-state index contributed by atoms with van der Waals surface area (Å²) in [5.74, 6) is -0.456. The minimum absolute atomic E-state index is 0.0419. The maximum Gasteiger partial charge on any atom is 0.573 e. The van der Waals surface area contributed by atoms with Crippen LogP contribution in [-0.2, 0) is 4.79 Å². The van der Waals surface area contributed by atoms with Gasteiger partial charge in [0.2, 0.25) is 5.91 Å². The first-order chi connectivity index (χ1) is 12.3. The van der Waals surface area contributed by atoms with E-state index < -0.39 is 6.36 Å². The van der Waals surface area contributed by atoms with Crippen molar-refractivity contribution in [2.75, 3.05) is 26.2 Å². The molecule has 2 amide bonds. The fourth-order valence-electron chi connectivity index (χ4n) is 3.51. The van der Waals surface area contributed by atoms with Crippen LogP contribution in [0.1, 0.15) is 36.0 Å². The first-order valence-corrected chi connectivity index (χ1v) is 8.77. The van der Waals surface area contributed by atoms with Crippen molar-refractivity contribution in [3.05, 3.63) is 29.8 Å². The molecule has 0 saturated carbocycles. The number of amides is 2. The van der Waals surface area contributed by atoms with Crippen molar-refractivity contribution in [1.29, 1.82) is 0 Å². The molecule has 5 nitrogen and oxygen atoms in total. The smallest absolute Gasteiger partial charge is 0.406 e. The number of halogens is 3. The van der Waals surface area contributed by atoms with Gasteiger partial charge in [-0.3, -0.25) is 9.59 Å². The molecule has 2 aliphatic rings. The Labute approximate surface area is 149 Å². The molecule has 0 N–H and O–H groups in total. The van der Waals surface area contributed by atoms with Crippen LogP contribution in [0.3, 0.4) is 0 Å². The standard InChI is InChI=1S/C18H21F3N2O3/c19-18(20,21)26-15-5-3-13(4-6-15)16(24)23-11-7-14(8-12-23)17(25)22-9-1-2-10-22/h3-6,14H,1-2,7-12H2. The van der Waals surface area contributed by atoms with E-state index in [1.807, 2.05) is 4.90 Å². The lowest BCUT2D eigenvalue weighted by Crippen LogP contribution is -2.43. The van der Waals surface area contributed by atoms with Crippen molar-refractivity contribution in [3.63, 3.8) is 0 Å². The Balaban J connectivity index is 1.54. The molecule has 26 heavy (non-hydrogen) atoms. The van der Waals surface area contributed by atoms with Gasteiger partial charge in [-0.15, -0.1) is 13.2 Å². The van der Waals surface area contributed by atoms with E-state index in [4.69, 9.17) is 0 Å². The monoisotopic (exact) mass is 370 g/mol. The number of carbonyl (C=O) groups is 2. The fraction of sp³-hybridized carbons (Fsp3) is 0.556. The van der Waals surface area contributed by atoms with Crippen LogP contribution < -0.4 is 4.74 Å². The second-order valence-electron chi connectivity index (χ2n) is 6.67. The number of carbonyl (C=O) groups excluding carboxylic acids is 2. The lowest BCUT2D eigenvalue weighted by Gasteiger charge is -2.33. The fourth-order valence-corrected chi connectivity index (χ4v) is 3.51. The van der Waals surface area contributed by atoms with E-state index >= 15 is 0 Å². The van der Waals surface area contributed by atoms with Crippen LogP contribution in [0.4, 0.5) is 13.2 Å². The Morgan fingerprint density at radius 3 is 2.04 bits per heavy atom. The molecule has 2 aliphatic heterocycles. The zero-order valence-corrected chi connectivity index (χ0v) is 14.3. The van der Waals surface area contributed by atoms with Crippen LogP contribution in [0.2, 0.25) is 0 Å². The quantitative estimate of drug-likeness (QED) is 0.822. The molecule has 2 heterocycles. The molecule has 0 spiro atoms. The lowest BCUT2D eigenvalue weighted by molar-refractivity contribution is -0.274. The third-order valence-corrected chi connectivity index (χ3v) is 4.88. The average molecular weight is 370 g/mol. The van der Waals surface area contributed by atoms with Crippen molar-refractivity contribution >= 4 is 11.8 Å². The van der Waals surface area contributed by atoms with Gasteiger partial charge in [0, 0.05) is 37.7 Å². The Hall–Kier alpha value is -2.25. The number of benzene rings is 1. The van der Waals surface area contributed by atoms with E-state index in [9.17, 15) is 22.8 Å². The summed E-state index contributed by atoms with van der Waals surface area (Å²) in [4.78, 5) is 28.5. The summed E-state index contributed by atoms with van der Waals surface area (Å²) in [5, 5.41) is 0. The van der Waals surface area contributed by atoms with Gasteiger partial charge < -0.3 is 14.5 Å². The van der Waals surface area contributed by atoms with Crippen molar-refractivity contribution in [1.82, 2.24) is 9.80 Å². The zero-order valence-electron chi connectivity index (χ0n) is 14.3. The van der Waals surface area contributed by atoms with Gasteiger partial charge in [0.1, 0.15) is 5.75 Å². The molecule has 1 aromatic carbocycles. The highest BCUT2D eigenvalue weighted by molar-refractivity contribution is 5.94. The van der Waals surface area contributed by atoms with Crippen LogP contribution in [0, 0.1) is 5.92 Å². The normalized spacial score (nSPS) is 18.9. The molecular weight excluding hydrogens is 349 g/mol. The van der Waals surface area contributed by atoms with Gasteiger partial charge in [0.15, 0.2) is 0 Å². The minimum Gasteiger partial charge on any atom is -0.406 e. The van der Waals surface area contributed by atoms with Crippen molar-refractivity contribution in [3.8, 4) is 5.75 Å². The second kappa shape index (κ2) is 7.55. The Bertz CT molecular complexity index is 647. The van der Waals surface area contributed by atoms with Gasteiger partial charge in [0.05, 0.1) is 0 Å². The molecule has 0 radical (unpaired) electrons. The number of ether oxygens (including phenoxy) is 1. The van der Waals surface area contributed by atoms with Gasteiger partial charge in [-0.25, -0.2) is 0 Å².